The van der Waals surface area contributed by atoms with Crippen molar-refractivity contribution in [3.8, 4) is 0 Å². The number of benzene rings is 2. The fraction of sp³-hybridized carbons (Fsp3) is 0.227. The summed E-state index contributed by atoms with van der Waals surface area (Å²) in [6, 6.07) is 14.1. The van der Waals surface area contributed by atoms with E-state index in [1.54, 1.807) is 36.4 Å². The Hall–Kier alpha value is -3.65. The first-order valence-corrected chi connectivity index (χ1v) is 9.40. The molecule has 3 rings (SSSR count). The molecule has 2 aromatic carbocycles. The first-order chi connectivity index (χ1) is 14.4. The Morgan fingerprint density at radius 3 is 2.57 bits per heavy atom. The van der Waals surface area contributed by atoms with Gasteiger partial charge in [-0.25, -0.2) is 4.79 Å². The smallest absolute Gasteiger partial charge is 0.337 e. The minimum absolute atomic E-state index is 0.0537. The maximum absolute atomic E-state index is 12.6. The number of aryl methyl sites for hydroxylation is 1. The molecule has 0 fully saturated rings. The fourth-order valence-corrected chi connectivity index (χ4v) is 3.19. The molecule has 0 radical (unpaired) electrons. The molecule has 0 atom stereocenters. The summed E-state index contributed by atoms with van der Waals surface area (Å²) < 4.78 is 4.78. The summed E-state index contributed by atoms with van der Waals surface area (Å²) in [5.74, 6) is -1.26. The Bertz CT molecular complexity index is 1020. The van der Waals surface area contributed by atoms with E-state index < -0.39 is 11.9 Å². The van der Waals surface area contributed by atoms with Gasteiger partial charge in [0.15, 0.2) is 0 Å². The third kappa shape index (κ3) is 4.49. The quantitative estimate of drug-likeness (QED) is 0.603. The number of ether oxygens (including phenoxy) is 1. The van der Waals surface area contributed by atoms with E-state index in [0.29, 0.717) is 16.9 Å². The largest absolute Gasteiger partial charge is 0.466 e. The lowest BCUT2D eigenvalue weighted by Gasteiger charge is -2.15. The third-order valence-electron chi connectivity index (χ3n) is 4.73. The third-order valence-corrected chi connectivity index (χ3v) is 4.73. The standard InChI is InChI=1S/C22H23N3O5/c1-14-6-3-4-9-17(14)20(27)24-16-8-5-7-15(12-16)23-19-18(22(29)30-2)13-25(10-11-26)21(19)28/h3-9,12,23,26H,10-11,13H2,1-2H3,(H,24,27). The summed E-state index contributed by atoms with van der Waals surface area (Å²) in [6.07, 6.45) is 0. The second-order valence-electron chi connectivity index (χ2n) is 6.77. The van der Waals surface area contributed by atoms with Crippen LogP contribution in [0.3, 0.4) is 0 Å². The number of aliphatic hydroxyl groups excluding tert-OH is 1. The average Bonchev–Trinajstić information content (AvgIpc) is 3.04. The maximum Gasteiger partial charge on any atom is 0.337 e. The van der Waals surface area contributed by atoms with Crippen molar-refractivity contribution in [3.63, 3.8) is 0 Å². The predicted octanol–water partition coefficient (Wildman–Crippen LogP) is 1.92. The van der Waals surface area contributed by atoms with E-state index in [4.69, 9.17) is 9.84 Å². The highest BCUT2D eigenvalue weighted by Crippen LogP contribution is 2.24. The molecule has 2 amide bonds. The van der Waals surface area contributed by atoms with Gasteiger partial charge in [0.2, 0.25) is 0 Å². The number of rotatable bonds is 7. The van der Waals surface area contributed by atoms with Crippen LogP contribution in [0.5, 0.6) is 0 Å². The van der Waals surface area contributed by atoms with Crippen LogP contribution in [0.4, 0.5) is 11.4 Å². The van der Waals surface area contributed by atoms with E-state index in [0.717, 1.165) is 5.56 Å². The van der Waals surface area contributed by atoms with Gasteiger partial charge in [-0.3, -0.25) is 9.59 Å². The average molecular weight is 409 g/mol. The summed E-state index contributed by atoms with van der Waals surface area (Å²) in [4.78, 5) is 38.6. The molecule has 1 aliphatic rings. The number of methoxy groups -OCH3 is 1. The van der Waals surface area contributed by atoms with Gasteiger partial charge in [-0.05, 0) is 36.8 Å². The van der Waals surface area contributed by atoms with Crippen LogP contribution >= 0.6 is 0 Å². The van der Waals surface area contributed by atoms with E-state index in [1.807, 2.05) is 19.1 Å². The van der Waals surface area contributed by atoms with Crippen molar-refractivity contribution in [1.82, 2.24) is 4.90 Å². The van der Waals surface area contributed by atoms with Crippen LogP contribution in [0.15, 0.2) is 59.8 Å². The molecular weight excluding hydrogens is 386 g/mol. The molecule has 1 heterocycles. The van der Waals surface area contributed by atoms with Crippen molar-refractivity contribution in [1.29, 1.82) is 0 Å². The van der Waals surface area contributed by atoms with Crippen LogP contribution in [-0.2, 0) is 14.3 Å². The zero-order valence-electron chi connectivity index (χ0n) is 16.8. The molecule has 30 heavy (non-hydrogen) atoms. The van der Waals surface area contributed by atoms with Crippen molar-refractivity contribution in [2.45, 2.75) is 6.92 Å². The molecule has 0 saturated heterocycles. The van der Waals surface area contributed by atoms with Crippen LogP contribution in [-0.4, -0.2) is 54.6 Å². The van der Waals surface area contributed by atoms with Gasteiger partial charge in [0.05, 0.1) is 25.8 Å². The fourth-order valence-electron chi connectivity index (χ4n) is 3.19. The molecule has 8 heteroatoms. The van der Waals surface area contributed by atoms with Crippen molar-refractivity contribution in [3.05, 3.63) is 70.9 Å². The Morgan fingerprint density at radius 1 is 1.13 bits per heavy atom. The number of aliphatic hydroxyl groups is 1. The number of esters is 1. The van der Waals surface area contributed by atoms with Gasteiger partial charge in [-0.2, -0.15) is 0 Å². The van der Waals surface area contributed by atoms with Gasteiger partial charge in [-0.15, -0.1) is 0 Å². The summed E-state index contributed by atoms with van der Waals surface area (Å²) >= 11 is 0. The molecule has 156 valence electrons. The molecule has 3 N–H and O–H groups in total. The van der Waals surface area contributed by atoms with Crippen LogP contribution in [0.25, 0.3) is 0 Å². The summed E-state index contributed by atoms with van der Waals surface area (Å²) in [5, 5.41) is 14.9. The van der Waals surface area contributed by atoms with Crippen LogP contribution in [0.1, 0.15) is 15.9 Å². The van der Waals surface area contributed by atoms with Gasteiger partial charge in [0.1, 0.15) is 5.70 Å². The van der Waals surface area contributed by atoms with Crippen LogP contribution in [0.2, 0.25) is 0 Å². The Balaban J connectivity index is 1.81. The first kappa shape index (κ1) is 21.1. The van der Waals surface area contributed by atoms with E-state index >= 15 is 0 Å². The lowest BCUT2D eigenvalue weighted by Crippen LogP contribution is -2.31. The summed E-state index contributed by atoms with van der Waals surface area (Å²) in [6.45, 7) is 1.81. The SMILES string of the molecule is COC(=O)C1=C(Nc2cccc(NC(=O)c3ccccc3C)c2)C(=O)N(CCO)C1. The maximum atomic E-state index is 12.6. The molecule has 0 unspecified atom stereocenters. The number of nitrogens with one attached hydrogen (secondary N) is 2. The van der Waals surface area contributed by atoms with Crippen LogP contribution in [0, 0.1) is 6.92 Å². The molecular formula is C22H23N3O5. The lowest BCUT2D eigenvalue weighted by molar-refractivity contribution is -0.136. The normalized spacial score (nSPS) is 13.4. The lowest BCUT2D eigenvalue weighted by atomic mass is 10.1. The highest BCUT2D eigenvalue weighted by molar-refractivity contribution is 6.09. The molecule has 0 spiro atoms. The summed E-state index contributed by atoms with van der Waals surface area (Å²) in [5.41, 5.74) is 2.76. The summed E-state index contributed by atoms with van der Waals surface area (Å²) in [7, 11) is 1.24. The number of nitrogens with zero attached hydrogens (tertiary/aromatic N) is 1. The number of anilines is 2. The Labute approximate surface area is 174 Å². The Morgan fingerprint density at radius 2 is 1.87 bits per heavy atom. The highest BCUT2D eigenvalue weighted by atomic mass is 16.5. The van der Waals surface area contributed by atoms with Crippen molar-refractivity contribution in [2.24, 2.45) is 0 Å². The van der Waals surface area contributed by atoms with E-state index in [1.165, 1.54) is 12.0 Å². The number of hydrogen-bond donors (Lipinski definition) is 3. The second kappa shape index (κ2) is 9.23. The topological polar surface area (TPSA) is 108 Å². The molecule has 2 aromatic rings. The van der Waals surface area contributed by atoms with Gasteiger partial charge < -0.3 is 25.4 Å². The Kier molecular flexibility index (Phi) is 6.48. The van der Waals surface area contributed by atoms with Crippen molar-refractivity contribution in [2.75, 3.05) is 37.4 Å². The molecule has 0 bridgehead atoms. The van der Waals surface area contributed by atoms with E-state index in [9.17, 15) is 14.4 Å². The molecule has 1 aliphatic heterocycles. The number of hydrogen-bond acceptors (Lipinski definition) is 6. The number of carbonyl (C=O) groups excluding carboxylic acids is 3. The molecule has 0 aromatic heterocycles. The van der Waals surface area contributed by atoms with E-state index in [-0.39, 0.29) is 36.9 Å². The van der Waals surface area contributed by atoms with Gasteiger partial charge in [-0.1, -0.05) is 24.3 Å². The van der Waals surface area contributed by atoms with Gasteiger partial charge in [0, 0.05) is 23.5 Å². The molecule has 0 saturated carbocycles. The number of amides is 2. The predicted molar refractivity (Wildman–Crippen MR) is 112 cm³/mol. The minimum atomic E-state index is -0.615. The van der Waals surface area contributed by atoms with E-state index in [2.05, 4.69) is 10.6 Å². The van der Waals surface area contributed by atoms with Crippen LogP contribution < -0.4 is 10.6 Å². The number of carbonyl (C=O) groups is 3. The highest BCUT2D eigenvalue weighted by Gasteiger charge is 2.34. The van der Waals surface area contributed by atoms with Crippen molar-refractivity contribution < 1.29 is 24.2 Å². The minimum Gasteiger partial charge on any atom is -0.466 e. The zero-order valence-corrected chi connectivity index (χ0v) is 16.8. The first-order valence-electron chi connectivity index (χ1n) is 9.40. The monoisotopic (exact) mass is 409 g/mol. The number of β-amino-alcohol motifs (C(OH)–C–C–N with tert-alkyl or cyclic N) is 1. The molecule has 8 nitrogen and oxygen atoms in total. The van der Waals surface area contributed by atoms with Crippen molar-refractivity contribution >= 4 is 29.2 Å². The molecule has 0 aliphatic carbocycles. The van der Waals surface area contributed by atoms with Gasteiger partial charge in [0.25, 0.3) is 11.8 Å². The van der Waals surface area contributed by atoms with Gasteiger partial charge >= 0.3 is 5.97 Å². The zero-order chi connectivity index (χ0) is 21.7. The second-order valence-corrected chi connectivity index (χ2v) is 6.77.